The molecule has 0 heterocycles. The van der Waals surface area contributed by atoms with Crippen LogP contribution in [0.5, 0.6) is 0 Å². The molecule has 196 valence electrons. The van der Waals surface area contributed by atoms with E-state index < -0.39 is 8.32 Å². The van der Waals surface area contributed by atoms with Crippen molar-refractivity contribution in [1.29, 1.82) is 0 Å². The minimum Gasteiger partial charge on any atom is -0.414 e. The Hall–Kier alpha value is -0.123. The summed E-state index contributed by atoms with van der Waals surface area (Å²) in [5, 5.41) is 9.62. The third-order valence-electron chi connectivity index (χ3n) is 12.4. The average molecular weight is 489 g/mol. The van der Waals surface area contributed by atoms with Gasteiger partial charge in [0.1, 0.15) is 0 Å². The number of fused-ring (bicyclic) bond motifs is 5. The van der Waals surface area contributed by atoms with Crippen molar-refractivity contribution in [2.24, 2.45) is 52.3 Å². The summed E-state index contributed by atoms with van der Waals surface area (Å²) in [6, 6.07) is 0. The zero-order valence-corrected chi connectivity index (χ0v) is 25.0. The van der Waals surface area contributed by atoms with E-state index in [0.29, 0.717) is 22.9 Å². The van der Waals surface area contributed by atoms with Crippen LogP contribution in [0.15, 0.2) is 12.2 Å². The highest BCUT2D eigenvalue weighted by Gasteiger charge is 2.63. The van der Waals surface area contributed by atoms with Crippen LogP contribution in [0, 0.1) is 52.3 Å². The van der Waals surface area contributed by atoms with Gasteiger partial charge in [-0.1, -0.05) is 67.0 Å². The standard InChI is InChI=1S/C31H56O2Si/c1-21-14-16-31(7)26-15-17-30(6)24(22(2)11-10-18-32)12-13-25(30)23(26)20-28(27(31)19-21)33-34(8,9)29(3,4)5/h10-11,21-28,32H,12-20H2,1-9H3/b11-10+/t21-,22-,23?,24-,25?,26?,27+,28+,30-,31-/m1/s1. The maximum absolute atomic E-state index is 9.35. The van der Waals surface area contributed by atoms with Crippen LogP contribution >= 0.6 is 0 Å². The molecule has 0 aromatic heterocycles. The highest BCUT2D eigenvalue weighted by Crippen LogP contribution is 2.69. The second-order valence-corrected chi connectivity index (χ2v) is 20.0. The van der Waals surface area contributed by atoms with Crippen molar-refractivity contribution in [2.75, 3.05) is 6.61 Å². The molecule has 2 nitrogen and oxygen atoms in total. The van der Waals surface area contributed by atoms with Crippen LogP contribution in [0.1, 0.15) is 99.8 Å². The lowest BCUT2D eigenvalue weighted by molar-refractivity contribution is -0.160. The summed E-state index contributed by atoms with van der Waals surface area (Å²) in [7, 11) is -1.81. The van der Waals surface area contributed by atoms with Gasteiger partial charge in [-0.3, -0.25) is 0 Å². The molecule has 3 unspecified atom stereocenters. The van der Waals surface area contributed by atoms with Crippen LogP contribution in [0.2, 0.25) is 18.1 Å². The van der Waals surface area contributed by atoms with Crippen molar-refractivity contribution < 1.29 is 9.53 Å². The summed E-state index contributed by atoms with van der Waals surface area (Å²) in [5.74, 6) is 5.51. The normalized spacial score (nSPS) is 46.1. The van der Waals surface area contributed by atoms with E-state index in [2.05, 4.69) is 67.6 Å². The van der Waals surface area contributed by atoms with E-state index in [-0.39, 0.29) is 11.6 Å². The monoisotopic (exact) mass is 488 g/mol. The fourth-order valence-corrected chi connectivity index (χ4v) is 10.8. The van der Waals surface area contributed by atoms with Gasteiger partial charge in [0.2, 0.25) is 0 Å². The number of aliphatic hydroxyl groups is 1. The van der Waals surface area contributed by atoms with Crippen LogP contribution in [-0.4, -0.2) is 26.1 Å². The van der Waals surface area contributed by atoms with E-state index in [9.17, 15) is 5.11 Å². The van der Waals surface area contributed by atoms with Crippen molar-refractivity contribution in [2.45, 2.75) is 124 Å². The van der Waals surface area contributed by atoms with Crippen molar-refractivity contribution in [1.82, 2.24) is 0 Å². The quantitative estimate of drug-likeness (QED) is 0.310. The molecule has 0 bridgehead atoms. The third-order valence-corrected chi connectivity index (χ3v) is 16.9. The smallest absolute Gasteiger partial charge is 0.192 e. The predicted molar refractivity (Wildman–Crippen MR) is 147 cm³/mol. The van der Waals surface area contributed by atoms with Gasteiger partial charge in [0.05, 0.1) is 6.61 Å². The molecule has 0 spiro atoms. The Morgan fingerprint density at radius 1 is 0.971 bits per heavy atom. The summed E-state index contributed by atoms with van der Waals surface area (Å²) in [5.41, 5.74) is 0.914. The van der Waals surface area contributed by atoms with Gasteiger partial charge in [0.25, 0.3) is 0 Å². The summed E-state index contributed by atoms with van der Waals surface area (Å²) in [4.78, 5) is 0. The average Bonchev–Trinajstić information content (AvgIpc) is 3.09. The third kappa shape index (κ3) is 4.42. The first kappa shape index (κ1) is 26.9. The lowest BCUT2D eigenvalue weighted by Gasteiger charge is -2.64. The summed E-state index contributed by atoms with van der Waals surface area (Å²) < 4.78 is 7.38. The summed E-state index contributed by atoms with van der Waals surface area (Å²) in [6.45, 7) is 22.6. The lowest BCUT2D eigenvalue weighted by Crippen LogP contribution is -2.60. The van der Waals surface area contributed by atoms with Gasteiger partial charge >= 0.3 is 0 Å². The fraction of sp³-hybridized carbons (Fsp3) is 0.935. The number of hydrogen-bond acceptors (Lipinski definition) is 2. The molecule has 0 saturated heterocycles. The second kappa shape index (κ2) is 9.32. The molecule has 4 rings (SSSR count). The summed E-state index contributed by atoms with van der Waals surface area (Å²) >= 11 is 0. The topological polar surface area (TPSA) is 29.5 Å². The number of rotatable bonds is 5. The molecule has 4 aliphatic carbocycles. The molecule has 10 atom stereocenters. The Balaban J connectivity index is 1.65. The van der Waals surface area contributed by atoms with E-state index in [1.807, 2.05) is 6.08 Å². The Morgan fingerprint density at radius 3 is 2.26 bits per heavy atom. The predicted octanol–water partition coefficient (Wildman–Crippen LogP) is 8.47. The first-order valence-electron chi connectivity index (χ1n) is 14.7. The highest BCUT2D eigenvalue weighted by atomic mass is 28.4. The zero-order valence-electron chi connectivity index (χ0n) is 24.0. The Labute approximate surface area is 212 Å². The van der Waals surface area contributed by atoms with Crippen LogP contribution in [-0.2, 0) is 4.43 Å². The van der Waals surface area contributed by atoms with Crippen molar-refractivity contribution in [3.8, 4) is 0 Å². The molecule has 0 aromatic carbocycles. The Bertz CT molecular complexity index is 753. The van der Waals surface area contributed by atoms with Gasteiger partial charge < -0.3 is 9.53 Å². The molecule has 4 fully saturated rings. The lowest BCUT2D eigenvalue weighted by atomic mass is 9.43. The number of aliphatic hydroxyl groups excluding tert-OH is 1. The van der Waals surface area contributed by atoms with E-state index >= 15 is 0 Å². The summed E-state index contributed by atoms with van der Waals surface area (Å²) in [6.07, 6.45) is 15.9. The van der Waals surface area contributed by atoms with Crippen molar-refractivity contribution >= 4 is 8.32 Å². The first-order valence-corrected chi connectivity index (χ1v) is 17.6. The largest absolute Gasteiger partial charge is 0.414 e. The molecule has 3 heteroatoms. The maximum Gasteiger partial charge on any atom is 0.192 e. The van der Waals surface area contributed by atoms with Crippen LogP contribution in [0.3, 0.4) is 0 Å². The van der Waals surface area contributed by atoms with Crippen molar-refractivity contribution in [3.63, 3.8) is 0 Å². The molecule has 0 amide bonds. The van der Waals surface area contributed by atoms with Gasteiger partial charge in [0.15, 0.2) is 8.32 Å². The Kier molecular flexibility index (Phi) is 7.38. The zero-order chi connectivity index (χ0) is 25.1. The van der Waals surface area contributed by atoms with E-state index in [0.717, 1.165) is 35.5 Å². The van der Waals surface area contributed by atoms with Gasteiger partial charge in [-0.15, -0.1) is 0 Å². The number of hydrogen-bond donors (Lipinski definition) is 1. The van der Waals surface area contributed by atoms with Gasteiger partial charge in [-0.2, -0.15) is 0 Å². The highest BCUT2D eigenvalue weighted by molar-refractivity contribution is 6.74. The SMILES string of the molecule is C[C@@H]1CC[C@]2(C)C3CC[C@@]4(C)C(CC[C@@H]4[C@H](C)/C=C/CO)C3C[C@H](O[Si](C)(C)C(C)(C)C)[C@@H]2C1. The molecule has 34 heavy (non-hydrogen) atoms. The number of allylic oxidation sites excluding steroid dienone is 1. The minimum absolute atomic E-state index is 0.173. The van der Waals surface area contributed by atoms with Crippen LogP contribution < -0.4 is 0 Å². The second-order valence-electron chi connectivity index (χ2n) is 15.2. The van der Waals surface area contributed by atoms with Crippen LogP contribution in [0.25, 0.3) is 0 Å². The maximum atomic E-state index is 9.35. The Morgan fingerprint density at radius 2 is 1.62 bits per heavy atom. The molecule has 0 radical (unpaired) electrons. The van der Waals surface area contributed by atoms with E-state index in [1.54, 1.807) is 0 Å². The first-order chi connectivity index (χ1) is 15.7. The van der Waals surface area contributed by atoms with Gasteiger partial charge in [-0.05, 0) is 115 Å². The molecule has 4 aliphatic rings. The molecule has 0 aromatic rings. The molecule has 4 saturated carbocycles. The van der Waals surface area contributed by atoms with Crippen LogP contribution in [0.4, 0.5) is 0 Å². The fourth-order valence-electron chi connectivity index (χ4n) is 9.47. The van der Waals surface area contributed by atoms with Gasteiger partial charge in [0, 0.05) is 6.10 Å². The van der Waals surface area contributed by atoms with E-state index in [4.69, 9.17) is 4.43 Å². The van der Waals surface area contributed by atoms with Crippen molar-refractivity contribution in [3.05, 3.63) is 12.2 Å². The molecular weight excluding hydrogens is 432 g/mol. The molecule has 0 aliphatic heterocycles. The molecule has 1 N–H and O–H groups in total. The minimum atomic E-state index is -1.81. The molecular formula is C31H56O2Si. The van der Waals surface area contributed by atoms with E-state index in [1.165, 1.54) is 51.4 Å². The van der Waals surface area contributed by atoms with Gasteiger partial charge in [-0.25, -0.2) is 0 Å².